The van der Waals surface area contributed by atoms with Gasteiger partial charge in [-0.1, -0.05) is 182 Å². The zero-order chi connectivity index (χ0) is 46.2. The lowest BCUT2D eigenvalue weighted by atomic mass is 9.86. The fourth-order valence-corrected chi connectivity index (χ4v) is 18.8. The molecule has 0 unspecified atom stereocenters. The molecule has 0 aromatic heterocycles. The van der Waals surface area contributed by atoms with Crippen LogP contribution in [0.5, 0.6) is 11.5 Å². The van der Waals surface area contributed by atoms with E-state index in [-0.39, 0.29) is 0 Å². The Morgan fingerprint density at radius 1 is 0.265 bits per heavy atom. The van der Waals surface area contributed by atoms with Crippen LogP contribution in [0.1, 0.15) is 11.1 Å². The summed E-state index contributed by atoms with van der Waals surface area (Å²) >= 11 is 0. The summed E-state index contributed by atoms with van der Waals surface area (Å²) in [4.78, 5) is 0. The first-order valence-corrected chi connectivity index (χ1v) is 27.2. The van der Waals surface area contributed by atoms with Gasteiger partial charge in [-0.2, -0.15) is 0 Å². The SMILES string of the molecule is COc1ccc(-c2ccccc2)c(C[P+](c2ccccc2)(c2ccccc2)c2ccccc2)c1-c1c(OC)ccc(-c2ccccc2)c1C[P+](c1ccccc1)(c1ccccc1)c1ccccc1. The van der Waals surface area contributed by atoms with E-state index in [4.69, 9.17) is 9.47 Å². The van der Waals surface area contributed by atoms with Gasteiger partial charge in [0.25, 0.3) is 0 Å². The molecule has 0 fully saturated rings. The van der Waals surface area contributed by atoms with Crippen LogP contribution >= 0.6 is 14.5 Å². The first-order chi connectivity index (χ1) is 33.7. The molecule has 0 spiro atoms. The van der Waals surface area contributed by atoms with Crippen LogP contribution in [-0.2, 0) is 12.3 Å². The van der Waals surface area contributed by atoms with Crippen molar-refractivity contribution in [2.24, 2.45) is 0 Å². The summed E-state index contributed by atoms with van der Waals surface area (Å²) in [5, 5.41) is 7.90. The number of methoxy groups -OCH3 is 2. The molecule has 0 saturated heterocycles. The van der Waals surface area contributed by atoms with Crippen molar-refractivity contribution in [1.29, 1.82) is 0 Å². The normalized spacial score (nSPS) is 11.5. The van der Waals surface area contributed by atoms with E-state index >= 15 is 0 Å². The van der Waals surface area contributed by atoms with Gasteiger partial charge in [-0.3, -0.25) is 0 Å². The van der Waals surface area contributed by atoms with E-state index in [1.165, 1.54) is 54.1 Å². The summed E-state index contributed by atoms with van der Waals surface area (Å²) in [7, 11) is -1.32. The highest BCUT2D eigenvalue weighted by Gasteiger charge is 2.49. The predicted octanol–water partition coefficient (Wildman–Crippen LogP) is 13.7. The Labute approximate surface area is 403 Å². The van der Waals surface area contributed by atoms with Crippen molar-refractivity contribution in [1.82, 2.24) is 0 Å². The highest BCUT2D eigenvalue weighted by Crippen LogP contribution is 2.64. The molecule has 0 N–H and O–H groups in total. The Morgan fingerprint density at radius 3 is 0.706 bits per heavy atom. The summed E-state index contributed by atoms with van der Waals surface area (Å²) in [6.07, 6.45) is 1.44. The molecule has 10 aromatic carbocycles. The molecule has 10 rings (SSSR count). The molecule has 10 aromatic rings. The number of hydrogen-bond acceptors (Lipinski definition) is 2. The largest absolute Gasteiger partial charge is 0.496 e. The number of benzene rings is 10. The highest BCUT2D eigenvalue weighted by molar-refractivity contribution is 7.95. The predicted molar refractivity (Wildman–Crippen MR) is 294 cm³/mol. The monoisotopic (exact) mass is 916 g/mol. The van der Waals surface area contributed by atoms with Crippen LogP contribution in [0.4, 0.5) is 0 Å². The molecule has 0 amide bonds. The van der Waals surface area contributed by atoms with E-state index in [2.05, 4.69) is 267 Å². The first kappa shape index (κ1) is 44.5. The second kappa shape index (κ2) is 20.3. The van der Waals surface area contributed by atoms with Gasteiger partial charge in [0, 0.05) is 22.3 Å². The van der Waals surface area contributed by atoms with E-state index in [9.17, 15) is 0 Å². The third kappa shape index (κ3) is 8.37. The zero-order valence-electron chi connectivity index (χ0n) is 38.5. The molecule has 0 aliphatic heterocycles. The molecule has 0 aliphatic rings. The van der Waals surface area contributed by atoms with E-state index in [1.54, 1.807) is 0 Å². The van der Waals surface area contributed by atoms with Crippen LogP contribution in [0.2, 0.25) is 0 Å². The zero-order valence-corrected chi connectivity index (χ0v) is 40.3. The second-order valence-electron chi connectivity index (χ2n) is 17.0. The number of rotatable bonds is 15. The number of hydrogen-bond donors (Lipinski definition) is 0. The molecule has 0 bridgehead atoms. The first-order valence-electron chi connectivity index (χ1n) is 23.3. The van der Waals surface area contributed by atoms with E-state index in [0.29, 0.717) is 0 Å². The maximum atomic E-state index is 6.71. The van der Waals surface area contributed by atoms with Crippen molar-refractivity contribution in [3.05, 3.63) is 278 Å². The van der Waals surface area contributed by atoms with Crippen LogP contribution in [-0.4, -0.2) is 14.2 Å². The lowest BCUT2D eigenvalue weighted by Gasteiger charge is -2.32. The molecular weight excluding hydrogens is 863 g/mol. The van der Waals surface area contributed by atoms with Gasteiger partial charge in [0.1, 0.15) is 57.9 Å². The minimum Gasteiger partial charge on any atom is -0.496 e. The summed E-state index contributed by atoms with van der Waals surface area (Å²) in [6, 6.07) is 98.0. The minimum absolute atomic E-state index is 0.719. The van der Waals surface area contributed by atoms with Crippen LogP contribution in [0.15, 0.2) is 267 Å². The van der Waals surface area contributed by atoms with Gasteiger partial charge in [0.2, 0.25) is 0 Å². The Kier molecular flexibility index (Phi) is 13.3. The van der Waals surface area contributed by atoms with Crippen molar-refractivity contribution >= 4 is 46.4 Å². The lowest BCUT2D eigenvalue weighted by molar-refractivity contribution is 0.410. The molecule has 330 valence electrons. The van der Waals surface area contributed by atoms with E-state index in [1.807, 2.05) is 14.2 Å². The molecule has 4 heteroatoms. The van der Waals surface area contributed by atoms with Crippen molar-refractivity contribution in [2.75, 3.05) is 14.2 Å². The summed E-state index contributed by atoms with van der Waals surface area (Å²) < 4.78 is 13.4. The summed E-state index contributed by atoms with van der Waals surface area (Å²) in [6.45, 7) is 0. The average molecular weight is 917 g/mol. The van der Waals surface area contributed by atoms with Gasteiger partial charge in [0.05, 0.1) is 26.5 Å². The topological polar surface area (TPSA) is 18.5 Å². The summed E-state index contributed by atoms with van der Waals surface area (Å²) in [5.41, 5.74) is 9.18. The van der Waals surface area contributed by atoms with E-state index in [0.717, 1.165) is 46.1 Å². The van der Waals surface area contributed by atoms with Crippen molar-refractivity contribution < 1.29 is 9.47 Å². The Balaban J connectivity index is 1.38. The minimum atomic E-state index is -2.48. The molecule has 0 saturated carbocycles. The third-order valence-electron chi connectivity index (χ3n) is 13.4. The van der Waals surface area contributed by atoms with Crippen LogP contribution in [0.25, 0.3) is 33.4 Å². The molecule has 2 nitrogen and oxygen atoms in total. The number of ether oxygens (including phenoxy) is 2. The van der Waals surface area contributed by atoms with Crippen molar-refractivity contribution in [2.45, 2.75) is 12.3 Å². The standard InChI is InChI=1S/C64H54O2P2/c1-65-61-45-43-57(49-27-11-3-12-28-49)59(47-67(51-31-15-5-16-32-51,52-33-17-6-18-34-52)53-35-19-7-20-36-53)63(61)64-60(58(44-46-62(64)66-2)50-29-13-4-14-30-50)48-68(54-37-21-8-22-38-54,55-39-23-9-24-40-55)56-41-25-10-26-42-56/h3-46H,47-48H2,1-2H3/q+2. The van der Waals surface area contributed by atoms with Gasteiger partial charge in [0.15, 0.2) is 0 Å². The Morgan fingerprint density at radius 2 is 0.485 bits per heavy atom. The molecule has 68 heavy (non-hydrogen) atoms. The van der Waals surface area contributed by atoms with Crippen LogP contribution < -0.4 is 41.3 Å². The molecule has 0 heterocycles. The van der Waals surface area contributed by atoms with Crippen LogP contribution in [0, 0.1) is 0 Å². The Bertz CT molecular complexity index is 2790. The quantitative estimate of drug-likeness (QED) is 0.0954. The lowest BCUT2D eigenvalue weighted by Crippen LogP contribution is -2.33. The third-order valence-corrected chi connectivity index (χ3v) is 22.0. The summed E-state index contributed by atoms with van der Waals surface area (Å²) in [5.74, 6) is 1.61. The second-order valence-corrected chi connectivity index (χ2v) is 24.0. The van der Waals surface area contributed by atoms with Gasteiger partial charge in [-0.25, -0.2) is 0 Å². The highest BCUT2D eigenvalue weighted by atomic mass is 31.2. The van der Waals surface area contributed by atoms with Gasteiger partial charge in [-0.05, 0) is 107 Å². The maximum Gasteiger partial charge on any atom is 0.127 e. The fraction of sp³-hybridized carbons (Fsp3) is 0.0625. The maximum absolute atomic E-state index is 6.71. The smallest absolute Gasteiger partial charge is 0.127 e. The van der Waals surface area contributed by atoms with Gasteiger partial charge in [-0.15, -0.1) is 0 Å². The fourth-order valence-electron chi connectivity index (χ4n) is 10.3. The molecule has 0 aliphatic carbocycles. The average Bonchev–Trinajstić information content (AvgIpc) is 3.43. The van der Waals surface area contributed by atoms with Crippen molar-refractivity contribution in [3.63, 3.8) is 0 Å². The molecule has 0 atom stereocenters. The van der Waals surface area contributed by atoms with Gasteiger partial charge >= 0.3 is 0 Å². The van der Waals surface area contributed by atoms with Gasteiger partial charge < -0.3 is 9.47 Å². The van der Waals surface area contributed by atoms with Crippen LogP contribution in [0.3, 0.4) is 0 Å². The molecular formula is C64H54O2P2+2. The van der Waals surface area contributed by atoms with E-state index < -0.39 is 14.5 Å². The van der Waals surface area contributed by atoms with Crippen molar-refractivity contribution in [3.8, 4) is 44.9 Å². The molecule has 0 radical (unpaired) electrons. The Hall–Kier alpha value is -7.34.